The Morgan fingerprint density at radius 3 is 2.45 bits per heavy atom. The highest BCUT2D eigenvalue weighted by atomic mass is 16.5. The van der Waals surface area contributed by atoms with Crippen molar-refractivity contribution in [3.63, 3.8) is 0 Å². The lowest BCUT2D eigenvalue weighted by molar-refractivity contribution is 0.0551. The van der Waals surface area contributed by atoms with E-state index in [1.165, 1.54) is 7.11 Å². The zero-order valence-electron chi connectivity index (χ0n) is 13.4. The molecule has 0 saturated carbocycles. The normalized spacial score (nSPS) is 17.2. The number of methoxy groups -OCH3 is 2. The first-order valence-corrected chi connectivity index (χ1v) is 7.47. The topological polar surface area (TPSA) is 62.2 Å². The van der Waals surface area contributed by atoms with Crippen molar-refractivity contribution in [1.82, 2.24) is 9.80 Å². The number of β-amino-alcohol motifs (C(OH)–C–C–N with tert-alkyl or cyclic N) is 1. The Bertz CT molecular complexity index is 511. The maximum atomic E-state index is 12.7. The molecule has 1 aliphatic heterocycles. The van der Waals surface area contributed by atoms with Crippen LogP contribution in [0.4, 0.5) is 0 Å². The highest BCUT2D eigenvalue weighted by Gasteiger charge is 2.25. The molecule has 122 valence electrons. The molecule has 6 nitrogen and oxygen atoms in total. The van der Waals surface area contributed by atoms with Gasteiger partial charge in [-0.2, -0.15) is 0 Å². The summed E-state index contributed by atoms with van der Waals surface area (Å²) in [5.41, 5.74) is 0.519. The number of piperazine rings is 1. The molecular formula is C16H24N2O4. The molecule has 0 bridgehead atoms. The van der Waals surface area contributed by atoms with E-state index in [9.17, 15) is 9.90 Å². The van der Waals surface area contributed by atoms with E-state index < -0.39 is 0 Å². The summed E-state index contributed by atoms with van der Waals surface area (Å²) in [6.07, 6.45) is -0.347. The summed E-state index contributed by atoms with van der Waals surface area (Å²) in [5, 5.41) is 9.43. The van der Waals surface area contributed by atoms with Gasteiger partial charge < -0.3 is 19.5 Å². The van der Waals surface area contributed by atoms with Gasteiger partial charge in [0.2, 0.25) is 0 Å². The zero-order chi connectivity index (χ0) is 16.1. The van der Waals surface area contributed by atoms with E-state index in [1.807, 2.05) is 4.90 Å². The van der Waals surface area contributed by atoms with Crippen LogP contribution in [-0.4, -0.2) is 73.9 Å². The van der Waals surface area contributed by atoms with Crippen molar-refractivity contribution in [2.24, 2.45) is 0 Å². The first kappa shape index (κ1) is 16.6. The number of aliphatic hydroxyl groups is 1. The quantitative estimate of drug-likeness (QED) is 0.873. The number of carbonyl (C=O) groups excluding carboxylic acids is 1. The minimum absolute atomic E-state index is 0.0487. The lowest BCUT2D eigenvalue weighted by atomic mass is 10.1. The fourth-order valence-corrected chi connectivity index (χ4v) is 2.73. The van der Waals surface area contributed by atoms with Gasteiger partial charge in [-0.15, -0.1) is 0 Å². The molecule has 0 unspecified atom stereocenters. The van der Waals surface area contributed by atoms with Crippen molar-refractivity contribution in [2.75, 3.05) is 46.9 Å². The molecule has 1 aromatic carbocycles. The zero-order valence-corrected chi connectivity index (χ0v) is 13.4. The molecule has 0 aliphatic carbocycles. The molecule has 1 saturated heterocycles. The lowest BCUT2D eigenvalue weighted by Crippen LogP contribution is -2.50. The Morgan fingerprint density at radius 1 is 1.23 bits per heavy atom. The Balaban J connectivity index is 2.07. The fourth-order valence-electron chi connectivity index (χ4n) is 2.73. The SMILES string of the molecule is COc1cccc(C(=O)N2CCN(C[C@@H](C)O)CC2)c1OC. The number of para-hydroxylation sites is 1. The maximum Gasteiger partial charge on any atom is 0.257 e. The van der Waals surface area contributed by atoms with E-state index in [0.29, 0.717) is 36.7 Å². The van der Waals surface area contributed by atoms with Crippen LogP contribution in [0.2, 0.25) is 0 Å². The Kier molecular flexibility index (Phi) is 5.63. The Morgan fingerprint density at radius 2 is 1.91 bits per heavy atom. The monoisotopic (exact) mass is 308 g/mol. The van der Waals surface area contributed by atoms with Crippen LogP contribution < -0.4 is 9.47 Å². The van der Waals surface area contributed by atoms with Gasteiger partial charge in [-0.05, 0) is 19.1 Å². The lowest BCUT2D eigenvalue weighted by Gasteiger charge is -2.35. The molecule has 1 aromatic rings. The molecule has 2 rings (SSSR count). The second-order valence-electron chi connectivity index (χ2n) is 5.48. The number of aliphatic hydroxyl groups excluding tert-OH is 1. The maximum absolute atomic E-state index is 12.7. The van der Waals surface area contributed by atoms with Gasteiger partial charge in [0.25, 0.3) is 5.91 Å². The fraction of sp³-hybridized carbons (Fsp3) is 0.562. The van der Waals surface area contributed by atoms with E-state index >= 15 is 0 Å². The van der Waals surface area contributed by atoms with E-state index in [4.69, 9.17) is 9.47 Å². The average Bonchev–Trinajstić information content (AvgIpc) is 2.53. The Hall–Kier alpha value is -1.79. The van der Waals surface area contributed by atoms with Gasteiger partial charge in [-0.3, -0.25) is 9.69 Å². The van der Waals surface area contributed by atoms with Gasteiger partial charge in [-0.1, -0.05) is 6.07 Å². The molecule has 1 amide bonds. The highest BCUT2D eigenvalue weighted by Crippen LogP contribution is 2.31. The van der Waals surface area contributed by atoms with Gasteiger partial charge in [-0.25, -0.2) is 0 Å². The number of benzene rings is 1. The average molecular weight is 308 g/mol. The number of carbonyl (C=O) groups is 1. The van der Waals surface area contributed by atoms with Crippen LogP contribution >= 0.6 is 0 Å². The number of amides is 1. The van der Waals surface area contributed by atoms with Gasteiger partial charge >= 0.3 is 0 Å². The number of hydrogen-bond donors (Lipinski definition) is 1. The molecule has 1 atom stereocenters. The largest absolute Gasteiger partial charge is 0.493 e. The highest BCUT2D eigenvalue weighted by molar-refractivity contribution is 5.97. The molecule has 22 heavy (non-hydrogen) atoms. The summed E-state index contributed by atoms with van der Waals surface area (Å²) in [6, 6.07) is 5.32. The number of hydrogen-bond acceptors (Lipinski definition) is 5. The minimum atomic E-state index is -0.347. The second kappa shape index (κ2) is 7.47. The Labute approximate surface area is 131 Å². The summed E-state index contributed by atoms with van der Waals surface area (Å²) >= 11 is 0. The van der Waals surface area contributed by atoms with Crippen LogP contribution in [0.5, 0.6) is 11.5 Å². The molecule has 0 aromatic heterocycles. The van der Waals surface area contributed by atoms with Gasteiger partial charge in [0.1, 0.15) is 0 Å². The molecule has 0 spiro atoms. The van der Waals surface area contributed by atoms with Crippen molar-refractivity contribution < 1.29 is 19.4 Å². The summed E-state index contributed by atoms with van der Waals surface area (Å²) in [5.74, 6) is 0.981. The van der Waals surface area contributed by atoms with Crippen LogP contribution in [0.15, 0.2) is 18.2 Å². The van der Waals surface area contributed by atoms with Crippen LogP contribution in [0.3, 0.4) is 0 Å². The van der Waals surface area contributed by atoms with Gasteiger partial charge in [0, 0.05) is 32.7 Å². The van der Waals surface area contributed by atoms with E-state index in [0.717, 1.165) is 13.1 Å². The summed E-state index contributed by atoms with van der Waals surface area (Å²) < 4.78 is 10.6. The van der Waals surface area contributed by atoms with Crippen molar-refractivity contribution in [3.05, 3.63) is 23.8 Å². The molecule has 6 heteroatoms. The third kappa shape index (κ3) is 3.69. The smallest absolute Gasteiger partial charge is 0.257 e. The van der Waals surface area contributed by atoms with Crippen LogP contribution in [0.1, 0.15) is 17.3 Å². The number of nitrogens with zero attached hydrogens (tertiary/aromatic N) is 2. The van der Waals surface area contributed by atoms with Crippen molar-refractivity contribution in [1.29, 1.82) is 0 Å². The molecular weight excluding hydrogens is 284 g/mol. The molecule has 1 N–H and O–H groups in total. The van der Waals surface area contributed by atoms with Crippen molar-refractivity contribution in [3.8, 4) is 11.5 Å². The molecule has 1 aliphatic rings. The molecule has 1 fully saturated rings. The predicted molar refractivity (Wildman–Crippen MR) is 83.6 cm³/mol. The second-order valence-corrected chi connectivity index (χ2v) is 5.48. The van der Waals surface area contributed by atoms with Crippen LogP contribution in [0.25, 0.3) is 0 Å². The van der Waals surface area contributed by atoms with Gasteiger partial charge in [0.05, 0.1) is 25.9 Å². The third-order valence-corrected chi connectivity index (χ3v) is 3.82. The summed E-state index contributed by atoms with van der Waals surface area (Å²) in [7, 11) is 3.09. The molecule has 1 heterocycles. The summed E-state index contributed by atoms with van der Waals surface area (Å²) in [6.45, 7) is 5.24. The minimum Gasteiger partial charge on any atom is -0.493 e. The van der Waals surface area contributed by atoms with E-state index in [1.54, 1.807) is 32.2 Å². The van der Waals surface area contributed by atoms with Crippen molar-refractivity contribution in [2.45, 2.75) is 13.0 Å². The predicted octanol–water partition coefficient (Wildman–Crippen LogP) is 0.842. The van der Waals surface area contributed by atoms with E-state index in [-0.39, 0.29) is 12.0 Å². The third-order valence-electron chi connectivity index (χ3n) is 3.82. The summed E-state index contributed by atoms with van der Waals surface area (Å²) in [4.78, 5) is 16.7. The van der Waals surface area contributed by atoms with Crippen LogP contribution in [-0.2, 0) is 0 Å². The van der Waals surface area contributed by atoms with Crippen molar-refractivity contribution >= 4 is 5.91 Å². The number of ether oxygens (including phenoxy) is 2. The first-order chi connectivity index (χ1) is 10.6. The molecule has 0 radical (unpaired) electrons. The van der Waals surface area contributed by atoms with Crippen LogP contribution in [0, 0.1) is 0 Å². The van der Waals surface area contributed by atoms with Gasteiger partial charge in [0.15, 0.2) is 11.5 Å². The standard InChI is InChI=1S/C16H24N2O4/c1-12(19)11-17-7-9-18(10-8-17)16(20)13-5-4-6-14(21-2)15(13)22-3/h4-6,12,19H,7-11H2,1-3H3/t12-/m1/s1. The number of rotatable bonds is 5. The first-order valence-electron chi connectivity index (χ1n) is 7.47. The van der Waals surface area contributed by atoms with E-state index in [2.05, 4.69) is 4.90 Å².